The van der Waals surface area contributed by atoms with Crippen LogP contribution in [0.5, 0.6) is 0 Å². The number of aromatic nitrogens is 1. The highest BCUT2D eigenvalue weighted by Crippen LogP contribution is 2.25. The van der Waals surface area contributed by atoms with Gasteiger partial charge in [0, 0.05) is 5.46 Å². The normalized spacial score (nSPS) is 12.7. The van der Waals surface area contributed by atoms with Gasteiger partial charge in [0.15, 0.2) is 0 Å². The van der Waals surface area contributed by atoms with Crippen molar-refractivity contribution in [1.82, 2.24) is 4.98 Å². The molecule has 0 aliphatic rings. The molecule has 18 heavy (non-hydrogen) atoms. The minimum atomic E-state index is -1.69. The number of pyridine rings is 1. The largest absolute Gasteiger partial charge is 0.494 e. The van der Waals surface area contributed by atoms with E-state index in [-0.39, 0.29) is 5.46 Å². The van der Waals surface area contributed by atoms with Crippen LogP contribution in [0.1, 0.15) is 27.7 Å². The van der Waals surface area contributed by atoms with Crippen LogP contribution in [0.25, 0.3) is 0 Å². The molecule has 1 aromatic heterocycles. The molecule has 1 rings (SSSR count). The van der Waals surface area contributed by atoms with Crippen LogP contribution in [0, 0.1) is 11.8 Å². The second-order valence-corrected chi connectivity index (χ2v) is 5.07. The summed E-state index contributed by atoms with van der Waals surface area (Å²) in [6, 6.07) is 0.750. The summed E-state index contributed by atoms with van der Waals surface area (Å²) >= 11 is 0. The van der Waals surface area contributed by atoms with Gasteiger partial charge in [0.1, 0.15) is 5.82 Å². The van der Waals surface area contributed by atoms with Crippen LogP contribution < -0.4 is 5.46 Å². The van der Waals surface area contributed by atoms with E-state index in [1.807, 2.05) is 0 Å². The predicted octanol–water partition coefficient (Wildman–Crippen LogP) is 0.613. The maximum Gasteiger partial charge on any atom is 0.494 e. The van der Waals surface area contributed by atoms with E-state index in [1.54, 1.807) is 0 Å². The quantitative estimate of drug-likeness (QED) is 0.614. The van der Waals surface area contributed by atoms with Crippen molar-refractivity contribution in [2.75, 3.05) is 0 Å². The molecule has 0 aromatic carbocycles. The van der Waals surface area contributed by atoms with Crippen LogP contribution in [0.4, 0.5) is 8.78 Å². The third-order valence-electron chi connectivity index (χ3n) is 3.00. The number of hydrogen-bond acceptors (Lipinski definition) is 4. The van der Waals surface area contributed by atoms with Crippen molar-refractivity contribution < 1.29 is 23.6 Å². The summed E-state index contributed by atoms with van der Waals surface area (Å²) in [7, 11) is -1.69. The van der Waals surface area contributed by atoms with Gasteiger partial charge in [0.25, 0.3) is 0 Å². The van der Waals surface area contributed by atoms with Crippen molar-refractivity contribution >= 4 is 12.6 Å². The average Bonchev–Trinajstić information content (AvgIpc) is 2.19. The molecular formula is C11H16BF2NO3. The molecule has 0 aliphatic carbocycles. The fourth-order valence-electron chi connectivity index (χ4n) is 1.10. The Kier molecular flexibility index (Phi) is 4.10. The number of halogens is 2. The summed E-state index contributed by atoms with van der Waals surface area (Å²) < 4.78 is 31.4. The monoisotopic (exact) mass is 259 g/mol. The third-order valence-corrected chi connectivity index (χ3v) is 3.00. The molecule has 0 radical (unpaired) electrons. The van der Waals surface area contributed by atoms with Crippen LogP contribution in [0.3, 0.4) is 0 Å². The SMILES string of the molecule is CC(C)(O)C(C)(C)OB(O)c1cc(F)ncc1F. The van der Waals surface area contributed by atoms with Gasteiger partial charge in [-0.3, -0.25) is 0 Å². The van der Waals surface area contributed by atoms with E-state index in [0.29, 0.717) is 6.20 Å². The first-order valence-electron chi connectivity index (χ1n) is 5.44. The molecule has 4 nitrogen and oxygen atoms in total. The molecule has 100 valence electrons. The van der Waals surface area contributed by atoms with E-state index in [9.17, 15) is 18.9 Å². The molecular weight excluding hydrogens is 243 g/mol. The Bertz CT molecular complexity index is 435. The van der Waals surface area contributed by atoms with Crippen molar-refractivity contribution in [2.45, 2.75) is 38.9 Å². The summed E-state index contributed by atoms with van der Waals surface area (Å²) in [5.41, 5.74) is -2.78. The zero-order chi connectivity index (χ0) is 14.1. The summed E-state index contributed by atoms with van der Waals surface area (Å²) in [6.07, 6.45) is 0.661. The minimum absolute atomic E-state index is 0.361. The standard InChI is InChI=1S/C11H16BF2NO3/c1-10(2,16)11(3,4)18-12(17)7-5-9(14)15-6-8(7)13/h5-6,16-17H,1-4H3. The Balaban J connectivity index is 2.95. The molecule has 0 amide bonds. The van der Waals surface area contributed by atoms with Crippen molar-refractivity contribution in [3.05, 3.63) is 24.0 Å². The summed E-state index contributed by atoms with van der Waals surface area (Å²) in [4.78, 5) is 3.11. The van der Waals surface area contributed by atoms with Gasteiger partial charge in [-0.15, -0.1) is 0 Å². The lowest BCUT2D eigenvalue weighted by molar-refractivity contribution is -0.0983. The van der Waals surface area contributed by atoms with Gasteiger partial charge in [-0.25, -0.2) is 9.37 Å². The molecule has 1 heterocycles. The number of rotatable bonds is 4. The second-order valence-electron chi connectivity index (χ2n) is 5.07. The van der Waals surface area contributed by atoms with E-state index in [4.69, 9.17) is 4.65 Å². The van der Waals surface area contributed by atoms with Gasteiger partial charge in [-0.05, 0) is 33.8 Å². The van der Waals surface area contributed by atoms with Crippen LogP contribution in [0.2, 0.25) is 0 Å². The van der Waals surface area contributed by atoms with E-state index >= 15 is 0 Å². The van der Waals surface area contributed by atoms with Gasteiger partial charge < -0.3 is 14.8 Å². The molecule has 0 unspecified atom stereocenters. The first kappa shape index (κ1) is 15.0. The Morgan fingerprint density at radius 2 is 1.83 bits per heavy atom. The zero-order valence-electron chi connectivity index (χ0n) is 10.7. The maximum atomic E-state index is 13.4. The average molecular weight is 259 g/mol. The molecule has 0 bridgehead atoms. The third kappa shape index (κ3) is 3.25. The van der Waals surface area contributed by atoms with Crippen molar-refractivity contribution in [1.29, 1.82) is 0 Å². The molecule has 2 N–H and O–H groups in total. The van der Waals surface area contributed by atoms with E-state index in [1.165, 1.54) is 27.7 Å². The van der Waals surface area contributed by atoms with E-state index < -0.39 is 30.1 Å². The van der Waals surface area contributed by atoms with Crippen molar-refractivity contribution in [2.24, 2.45) is 0 Å². The minimum Gasteiger partial charge on any atom is -0.423 e. The van der Waals surface area contributed by atoms with Gasteiger partial charge in [0.2, 0.25) is 5.95 Å². The van der Waals surface area contributed by atoms with Crippen molar-refractivity contribution in [3.8, 4) is 0 Å². The topological polar surface area (TPSA) is 62.6 Å². The summed E-state index contributed by atoms with van der Waals surface area (Å²) in [5.74, 6) is -1.80. The smallest absolute Gasteiger partial charge is 0.423 e. The maximum absolute atomic E-state index is 13.4. The Morgan fingerprint density at radius 1 is 1.28 bits per heavy atom. The fourth-order valence-corrected chi connectivity index (χ4v) is 1.10. The van der Waals surface area contributed by atoms with Gasteiger partial charge in [0.05, 0.1) is 17.4 Å². The lowest BCUT2D eigenvalue weighted by atomic mass is 9.76. The lowest BCUT2D eigenvalue weighted by Gasteiger charge is -2.38. The fraction of sp³-hybridized carbons (Fsp3) is 0.545. The Hall–Kier alpha value is -1.05. The highest BCUT2D eigenvalue weighted by molar-refractivity contribution is 6.60. The summed E-state index contributed by atoms with van der Waals surface area (Å²) in [5, 5.41) is 19.6. The van der Waals surface area contributed by atoms with Crippen molar-refractivity contribution in [3.63, 3.8) is 0 Å². The molecule has 7 heteroatoms. The highest BCUT2D eigenvalue weighted by atomic mass is 19.1. The van der Waals surface area contributed by atoms with Crippen LogP contribution in [0.15, 0.2) is 12.3 Å². The highest BCUT2D eigenvalue weighted by Gasteiger charge is 2.40. The lowest BCUT2D eigenvalue weighted by Crippen LogP contribution is -2.53. The number of aliphatic hydroxyl groups is 1. The molecule has 1 aromatic rings. The van der Waals surface area contributed by atoms with Crippen LogP contribution in [-0.4, -0.2) is 33.4 Å². The second kappa shape index (κ2) is 4.91. The molecule has 0 saturated heterocycles. The number of nitrogens with zero attached hydrogens (tertiary/aromatic N) is 1. The van der Waals surface area contributed by atoms with Gasteiger partial charge in [-0.1, -0.05) is 0 Å². The zero-order valence-corrected chi connectivity index (χ0v) is 10.7. The van der Waals surface area contributed by atoms with Gasteiger partial charge in [-0.2, -0.15) is 4.39 Å². The summed E-state index contributed by atoms with van der Waals surface area (Å²) in [6.45, 7) is 6.05. The van der Waals surface area contributed by atoms with Crippen LogP contribution in [-0.2, 0) is 4.65 Å². The molecule has 0 saturated carbocycles. The van der Waals surface area contributed by atoms with Gasteiger partial charge >= 0.3 is 7.12 Å². The molecule has 0 fully saturated rings. The molecule has 0 spiro atoms. The number of hydrogen-bond donors (Lipinski definition) is 2. The van der Waals surface area contributed by atoms with Crippen LogP contribution >= 0.6 is 0 Å². The first-order chi connectivity index (χ1) is 8.04. The predicted molar refractivity (Wildman–Crippen MR) is 63.2 cm³/mol. The molecule has 0 atom stereocenters. The molecule has 0 aliphatic heterocycles. The Labute approximate surface area is 105 Å². The van der Waals surface area contributed by atoms with E-state index in [2.05, 4.69) is 4.98 Å². The van der Waals surface area contributed by atoms with E-state index in [0.717, 1.165) is 6.07 Å². The Morgan fingerprint density at radius 3 is 2.33 bits per heavy atom. The first-order valence-corrected chi connectivity index (χ1v) is 5.44.